The SMILES string of the molecule is CC(=O)C(CC=C(C)CCC=C(C)C)=C(C)C. The van der Waals surface area contributed by atoms with Crippen molar-refractivity contribution < 1.29 is 4.79 Å². The maximum Gasteiger partial charge on any atom is 0.156 e. The van der Waals surface area contributed by atoms with Crippen LogP contribution >= 0.6 is 0 Å². The summed E-state index contributed by atoms with van der Waals surface area (Å²) in [6.45, 7) is 12.0. The van der Waals surface area contributed by atoms with E-state index in [0.29, 0.717) is 0 Å². The average molecular weight is 234 g/mol. The molecule has 0 rings (SSSR count). The van der Waals surface area contributed by atoms with Crippen LogP contribution in [0.25, 0.3) is 0 Å². The zero-order valence-electron chi connectivity index (χ0n) is 12.2. The highest BCUT2D eigenvalue weighted by molar-refractivity contribution is 5.94. The van der Waals surface area contributed by atoms with Gasteiger partial charge >= 0.3 is 0 Å². The molecule has 0 atom stereocenters. The summed E-state index contributed by atoms with van der Waals surface area (Å²) in [5.74, 6) is 0.193. The molecule has 0 unspecified atom stereocenters. The number of hydrogen-bond donors (Lipinski definition) is 0. The van der Waals surface area contributed by atoms with E-state index in [-0.39, 0.29) is 5.78 Å². The lowest BCUT2D eigenvalue weighted by Gasteiger charge is -2.04. The number of Topliss-reactive ketones (excluding diaryl/α,β-unsaturated/α-hetero) is 1. The third-order valence-electron chi connectivity index (χ3n) is 2.77. The Balaban J connectivity index is 4.37. The molecule has 0 aliphatic heterocycles. The van der Waals surface area contributed by atoms with Gasteiger partial charge in [-0.05, 0) is 66.4 Å². The Morgan fingerprint density at radius 3 is 1.94 bits per heavy atom. The van der Waals surface area contributed by atoms with E-state index >= 15 is 0 Å². The van der Waals surface area contributed by atoms with Crippen LogP contribution in [0.5, 0.6) is 0 Å². The van der Waals surface area contributed by atoms with Crippen LogP contribution in [-0.2, 0) is 4.79 Å². The second-order valence-electron chi connectivity index (χ2n) is 5.11. The van der Waals surface area contributed by atoms with Gasteiger partial charge in [-0.25, -0.2) is 0 Å². The molecule has 0 heterocycles. The van der Waals surface area contributed by atoms with Crippen molar-refractivity contribution in [3.05, 3.63) is 34.4 Å². The average Bonchev–Trinajstić information content (AvgIpc) is 2.15. The molecule has 1 nitrogen and oxygen atoms in total. The van der Waals surface area contributed by atoms with Gasteiger partial charge in [0.2, 0.25) is 0 Å². The highest BCUT2D eigenvalue weighted by atomic mass is 16.1. The Kier molecular flexibility index (Phi) is 7.53. The van der Waals surface area contributed by atoms with Crippen molar-refractivity contribution in [2.45, 2.75) is 60.8 Å². The molecule has 17 heavy (non-hydrogen) atoms. The lowest BCUT2D eigenvalue weighted by atomic mass is 10.0. The summed E-state index contributed by atoms with van der Waals surface area (Å²) in [7, 11) is 0. The van der Waals surface area contributed by atoms with Crippen molar-refractivity contribution in [3.8, 4) is 0 Å². The number of hydrogen-bond acceptors (Lipinski definition) is 1. The molecule has 0 spiro atoms. The normalized spacial score (nSPS) is 11.1. The first kappa shape index (κ1) is 15.9. The first-order chi connectivity index (χ1) is 7.84. The Bertz CT molecular complexity index is 346. The number of allylic oxidation sites excluding steroid dienone is 6. The highest BCUT2D eigenvalue weighted by Gasteiger charge is 2.03. The summed E-state index contributed by atoms with van der Waals surface area (Å²) in [5.41, 5.74) is 4.81. The van der Waals surface area contributed by atoms with Gasteiger partial charge in [-0.1, -0.05) is 28.9 Å². The van der Waals surface area contributed by atoms with Crippen molar-refractivity contribution in [1.82, 2.24) is 0 Å². The molecule has 0 aliphatic carbocycles. The van der Waals surface area contributed by atoms with Crippen LogP contribution < -0.4 is 0 Å². The lowest BCUT2D eigenvalue weighted by Crippen LogP contribution is -1.98. The van der Waals surface area contributed by atoms with Crippen molar-refractivity contribution in [1.29, 1.82) is 0 Å². The van der Waals surface area contributed by atoms with Gasteiger partial charge in [-0.15, -0.1) is 0 Å². The Labute approximate surface area is 106 Å². The molecule has 0 amide bonds. The molecule has 0 saturated carbocycles. The summed E-state index contributed by atoms with van der Waals surface area (Å²) < 4.78 is 0. The molecule has 0 fully saturated rings. The van der Waals surface area contributed by atoms with Crippen LogP contribution in [0.3, 0.4) is 0 Å². The minimum absolute atomic E-state index is 0.193. The predicted molar refractivity (Wildman–Crippen MR) is 76.1 cm³/mol. The molecule has 0 saturated heterocycles. The minimum Gasteiger partial charge on any atom is -0.295 e. The molecular weight excluding hydrogens is 208 g/mol. The van der Waals surface area contributed by atoms with E-state index in [1.807, 2.05) is 13.8 Å². The van der Waals surface area contributed by atoms with Crippen LogP contribution in [-0.4, -0.2) is 5.78 Å². The fourth-order valence-electron chi connectivity index (χ4n) is 1.67. The van der Waals surface area contributed by atoms with Crippen LogP contribution in [0.2, 0.25) is 0 Å². The molecule has 0 aromatic heterocycles. The van der Waals surface area contributed by atoms with Gasteiger partial charge < -0.3 is 0 Å². The Hall–Kier alpha value is -1.11. The van der Waals surface area contributed by atoms with Crippen LogP contribution in [0.1, 0.15) is 60.8 Å². The molecule has 96 valence electrons. The first-order valence-corrected chi connectivity index (χ1v) is 6.31. The van der Waals surface area contributed by atoms with Crippen molar-refractivity contribution >= 4 is 5.78 Å². The number of rotatable bonds is 6. The van der Waals surface area contributed by atoms with Crippen molar-refractivity contribution in [3.63, 3.8) is 0 Å². The Morgan fingerprint density at radius 1 is 0.941 bits per heavy atom. The Morgan fingerprint density at radius 2 is 1.53 bits per heavy atom. The zero-order valence-corrected chi connectivity index (χ0v) is 12.2. The van der Waals surface area contributed by atoms with E-state index in [4.69, 9.17) is 0 Å². The highest BCUT2D eigenvalue weighted by Crippen LogP contribution is 2.14. The van der Waals surface area contributed by atoms with Gasteiger partial charge in [-0.2, -0.15) is 0 Å². The number of carbonyl (C=O) groups is 1. The summed E-state index contributed by atoms with van der Waals surface area (Å²) in [5, 5.41) is 0. The summed E-state index contributed by atoms with van der Waals surface area (Å²) in [6, 6.07) is 0. The fraction of sp³-hybridized carbons (Fsp3) is 0.562. The van der Waals surface area contributed by atoms with Gasteiger partial charge in [-0.3, -0.25) is 4.79 Å². The number of carbonyl (C=O) groups excluding carboxylic acids is 1. The standard InChI is InChI=1S/C16H26O/c1-12(2)8-7-9-14(5)10-11-16(13(3)4)15(6)17/h8,10H,7,9,11H2,1-6H3. The van der Waals surface area contributed by atoms with Crippen molar-refractivity contribution in [2.75, 3.05) is 0 Å². The third kappa shape index (κ3) is 7.73. The summed E-state index contributed by atoms with van der Waals surface area (Å²) in [4.78, 5) is 11.4. The number of ketones is 1. The molecule has 0 aromatic rings. The third-order valence-corrected chi connectivity index (χ3v) is 2.77. The maximum atomic E-state index is 11.4. The monoisotopic (exact) mass is 234 g/mol. The van der Waals surface area contributed by atoms with Crippen molar-refractivity contribution in [2.24, 2.45) is 0 Å². The van der Waals surface area contributed by atoms with E-state index in [1.54, 1.807) is 6.92 Å². The van der Waals surface area contributed by atoms with Gasteiger partial charge in [0.25, 0.3) is 0 Å². The van der Waals surface area contributed by atoms with Crippen LogP contribution in [0, 0.1) is 0 Å². The van der Waals surface area contributed by atoms with Gasteiger partial charge in [0.1, 0.15) is 0 Å². The zero-order chi connectivity index (χ0) is 13.4. The largest absolute Gasteiger partial charge is 0.295 e. The fourth-order valence-corrected chi connectivity index (χ4v) is 1.67. The molecule has 1 heteroatoms. The van der Waals surface area contributed by atoms with Crippen LogP contribution in [0.15, 0.2) is 34.4 Å². The van der Waals surface area contributed by atoms with E-state index < -0.39 is 0 Å². The molecule has 0 aliphatic rings. The van der Waals surface area contributed by atoms with E-state index in [0.717, 1.165) is 30.4 Å². The summed E-state index contributed by atoms with van der Waals surface area (Å²) in [6.07, 6.45) is 7.39. The summed E-state index contributed by atoms with van der Waals surface area (Å²) >= 11 is 0. The molecule has 0 bridgehead atoms. The maximum absolute atomic E-state index is 11.4. The molecule has 0 aromatic carbocycles. The van der Waals surface area contributed by atoms with E-state index in [1.165, 1.54) is 11.1 Å². The van der Waals surface area contributed by atoms with Gasteiger partial charge in [0.05, 0.1) is 0 Å². The molecule has 0 N–H and O–H groups in total. The second-order valence-corrected chi connectivity index (χ2v) is 5.11. The van der Waals surface area contributed by atoms with Crippen LogP contribution in [0.4, 0.5) is 0 Å². The topological polar surface area (TPSA) is 17.1 Å². The van der Waals surface area contributed by atoms with E-state index in [9.17, 15) is 4.79 Å². The molecule has 0 radical (unpaired) electrons. The smallest absolute Gasteiger partial charge is 0.156 e. The molecular formula is C16H26O. The van der Waals surface area contributed by atoms with Gasteiger partial charge in [0, 0.05) is 0 Å². The van der Waals surface area contributed by atoms with E-state index in [2.05, 4.69) is 32.9 Å². The lowest BCUT2D eigenvalue weighted by molar-refractivity contribution is -0.113. The quantitative estimate of drug-likeness (QED) is 0.467. The van der Waals surface area contributed by atoms with Gasteiger partial charge in [0.15, 0.2) is 5.78 Å². The second kappa shape index (κ2) is 8.05. The minimum atomic E-state index is 0.193. The predicted octanol–water partition coefficient (Wildman–Crippen LogP) is 4.99. The first-order valence-electron chi connectivity index (χ1n) is 6.31.